The van der Waals surface area contributed by atoms with E-state index in [9.17, 15) is 0 Å². The zero-order valence-corrected chi connectivity index (χ0v) is 9.33. The Kier molecular flexibility index (Phi) is 4.05. The van der Waals surface area contributed by atoms with E-state index in [1.165, 1.54) is 0 Å². The van der Waals surface area contributed by atoms with Crippen molar-refractivity contribution in [2.24, 2.45) is 0 Å². The Balaban J connectivity index is 0.000000640. The van der Waals surface area contributed by atoms with Gasteiger partial charge in [0.2, 0.25) is 0 Å². The molecule has 0 aliphatic heterocycles. The fraction of sp³-hybridized carbons (Fsp3) is 0. The third kappa shape index (κ3) is 1.94. The quantitative estimate of drug-likeness (QED) is 0.455. The molecule has 0 amide bonds. The molecule has 0 bridgehead atoms. The second-order valence-corrected chi connectivity index (χ2v) is 3.22. The summed E-state index contributed by atoms with van der Waals surface area (Å²) in [4.78, 5) is 8.69. The van der Waals surface area contributed by atoms with Crippen LogP contribution < -0.4 is 0 Å². The fourth-order valence-corrected chi connectivity index (χ4v) is 1.68. The molecule has 2 aromatic heterocycles. The first kappa shape index (κ1) is 12.7. The van der Waals surface area contributed by atoms with E-state index in [1.54, 1.807) is 12.4 Å². The summed E-state index contributed by atoms with van der Waals surface area (Å²) in [5, 5.41) is 2.28. The maximum atomic E-state index is 4.35. The Morgan fingerprint density at radius 1 is 0.688 bits per heavy atom. The minimum absolute atomic E-state index is 0. The molecule has 0 spiro atoms. The number of pyridine rings is 2. The first-order valence-electron chi connectivity index (χ1n) is 4.53. The Morgan fingerprint density at radius 2 is 1.12 bits per heavy atom. The SMILES string of the molecule is [B].[Cu].c1cnc2c(c1)ccc1cccnc12. The predicted octanol–water partition coefficient (Wildman–Crippen LogP) is 2.40. The van der Waals surface area contributed by atoms with E-state index < -0.39 is 0 Å². The van der Waals surface area contributed by atoms with Crippen molar-refractivity contribution in [3.05, 3.63) is 48.8 Å². The molecule has 80 valence electrons. The molecule has 4 radical (unpaired) electrons. The monoisotopic (exact) mass is 254 g/mol. The molecular weight excluding hydrogens is 247 g/mol. The molecule has 0 saturated heterocycles. The molecule has 3 aromatic rings. The summed E-state index contributed by atoms with van der Waals surface area (Å²) in [6, 6.07) is 12.1. The van der Waals surface area contributed by atoms with Gasteiger partial charge in [-0.05, 0) is 12.1 Å². The zero-order valence-electron chi connectivity index (χ0n) is 8.39. The first-order valence-corrected chi connectivity index (χ1v) is 4.53. The molecule has 0 N–H and O–H groups in total. The summed E-state index contributed by atoms with van der Waals surface area (Å²) in [6.07, 6.45) is 3.60. The van der Waals surface area contributed by atoms with Crippen molar-refractivity contribution < 1.29 is 17.1 Å². The van der Waals surface area contributed by atoms with Gasteiger partial charge < -0.3 is 0 Å². The molecule has 0 aliphatic carbocycles. The molecule has 16 heavy (non-hydrogen) atoms. The van der Waals surface area contributed by atoms with E-state index in [1.807, 2.05) is 12.1 Å². The van der Waals surface area contributed by atoms with Gasteiger partial charge in [0.25, 0.3) is 0 Å². The van der Waals surface area contributed by atoms with Crippen molar-refractivity contribution in [1.29, 1.82) is 0 Å². The number of fused-ring (bicyclic) bond motifs is 3. The smallest absolute Gasteiger partial charge is 0.0964 e. The second kappa shape index (κ2) is 5.10. The van der Waals surface area contributed by atoms with Crippen LogP contribution in [0.5, 0.6) is 0 Å². The van der Waals surface area contributed by atoms with E-state index >= 15 is 0 Å². The maximum Gasteiger partial charge on any atom is 0.0964 e. The van der Waals surface area contributed by atoms with Crippen LogP contribution in [0.1, 0.15) is 0 Å². The van der Waals surface area contributed by atoms with E-state index in [0.29, 0.717) is 0 Å². The summed E-state index contributed by atoms with van der Waals surface area (Å²) in [7, 11) is 0. The molecule has 3 rings (SSSR count). The van der Waals surface area contributed by atoms with Crippen LogP contribution in [0.15, 0.2) is 48.8 Å². The van der Waals surface area contributed by atoms with Crippen molar-refractivity contribution in [2.75, 3.05) is 0 Å². The molecule has 4 heteroatoms. The van der Waals surface area contributed by atoms with E-state index in [4.69, 9.17) is 0 Å². The number of aromatic nitrogens is 2. The van der Waals surface area contributed by atoms with Gasteiger partial charge in [0.15, 0.2) is 0 Å². The van der Waals surface area contributed by atoms with E-state index in [-0.39, 0.29) is 25.5 Å². The van der Waals surface area contributed by atoms with Crippen molar-refractivity contribution in [3.63, 3.8) is 0 Å². The van der Waals surface area contributed by atoms with Gasteiger partial charge in [0, 0.05) is 48.6 Å². The van der Waals surface area contributed by atoms with Crippen LogP contribution in [0.2, 0.25) is 0 Å². The van der Waals surface area contributed by atoms with Crippen LogP contribution in [0.25, 0.3) is 21.8 Å². The van der Waals surface area contributed by atoms with Crippen LogP contribution in [-0.4, -0.2) is 18.4 Å². The second-order valence-electron chi connectivity index (χ2n) is 3.22. The van der Waals surface area contributed by atoms with Gasteiger partial charge in [0.1, 0.15) is 0 Å². The average molecular weight is 255 g/mol. The number of hydrogen-bond acceptors (Lipinski definition) is 2. The van der Waals surface area contributed by atoms with Gasteiger partial charge in [-0.1, -0.05) is 24.3 Å². The zero-order chi connectivity index (χ0) is 9.38. The molecule has 2 nitrogen and oxygen atoms in total. The van der Waals surface area contributed by atoms with Gasteiger partial charge in [-0.25, -0.2) is 0 Å². The topological polar surface area (TPSA) is 25.8 Å². The minimum atomic E-state index is 0. The van der Waals surface area contributed by atoms with Gasteiger partial charge in [-0.15, -0.1) is 0 Å². The first-order chi connectivity index (χ1) is 6.95. The third-order valence-electron chi connectivity index (χ3n) is 2.34. The van der Waals surface area contributed by atoms with Crippen LogP contribution in [-0.2, 0) is 17.1 Å². The third-order valence-corrected chi connectivity index (χ3v) is 2.34. The number of benzene rings is 1. The van der Waals surface area contributed by atoms with Crippen molar-refractivity contribution in [1.82, 2.24) is 9.97 Å². The standard InChI is InChI=1S/C12H8N2.B.Cu/c1-3-9-5-6-10-4-2-8-14-12(10)11(9)13-7-1;;/h1-8H;;. The van der Waals surface area contributed by atoms with Gasteiger partial charge >= 0.3 is 0 Å². The molecule has 0 saturated carbocycles. The summed E-state index contributed by atoms with van der Waals surface area (Å²) in [5.74, 6) is 0. The van der Waals surface area contributed by atoms with Gasteiger partial charge in [-0.2, -0.15) is 0 Å². The normalized spacial score (nSPS) is 9.50. The van der Waals surface area contributed by atoms with Crippen molar-refractivity contribution >= 4 is 30.2 Å². The molecular formula is C12H8BCuN2. The Bertz CT molecular complexity index is 558. The molecule has 0 atom stereocenters. The number of hydrogen-bond donors (Lipinski definition) is 0. The molecule has 2 heterocycles. The molecule has 0 unspecified atom stereocenters. The largest absolute Gasteiger partial charge is 0.254 e. The molecule has 1 aromatic carbocycles. The number of nitrogens with zero attached hydrogens (tertiary/aromatic N) is 2. The van der Waals surface area contributed by atoms with Crippen molar-refractivity contribution in [2.45, 2.75) is 0 Å². The average Bonchev–Trinajstić information content (AvgIpc) is 2.29. The Labute approximate surface area is 106 Å². The van der Waals surface area contributed by atoms with E-state index in [0.717, 1.165) is 21.8 Å². The van der Waals surface area contributed by atoms with Crippen LogP contribution in [0, 0.1) is 0 Å². The minimum Gasteiger partial charge on any atom is -0.254 e. The predicted molar refractivity (Wildman–Crippen MR) is 62.8 cm³/mol. The fourth-order valence-electron chi connectivity index (χ4n) is 1.68. The molecule has 0 fully saturated rings. The molecule has 0 aliphatic rings. The summed E-state index contributed by atoms with van der Waals surface area (Å²) in [6.45, 7) is 0. The summed E-state index contributed by atoms with van der Waals surface area (Å²) >= 11 is 0. The number of rotatable bonds is 0. The van der Waals surface area contributed by atoms with Crippen LogP contribution in [0.3, 0.4) is 0 Å². The van der Waals surface area contributed by atoms with Crippen LogP contribution >= 0.6 is 0 Å². The van der Waals surface area contributed by atoms with Crippen LogP contribution in [0.4, 0.5) is 0 Å². The Hall–Kier alpha value is -1.38. The Morgan fingerprint density at radius 3 is 1.56 bits per heavy atom. The van der Waals surface area contributed by atoms with Gasteiger partial charge in [0.05, 0.1) is 11.0 Å². The summed E-state index contributed by atoms with van der Waals surface area (Å²) in [5.41, 5.74) is 1.95. The van der Waals surface area contributed by atoms with Gasteiger partial charge in [-0.3, -0.25) is 9.97 Å². The summed E-state index contributed by atoms with van der Waals surface area (Å²) < 4.78 is 0. The maximum absolute atomic E-state index is 4.35. The van der Waals surface area contributed by atoms with E-state index in [2.05, 4.69) is 34.2 Å². The van der Waals surface area contributed by atoms with Crippen molar-refractivity contribution in [3.8, 4) is 0 Å².